The average Bonchev–Trinajstić information content (AvgIpc) is 2.62. The molecule has 0 amide bonds. The highest BCUT2D eigenvalue weighted by Crippen LogP contribution is 2.20. The van der Waals surface area contributed by atoms with Crippen LogP contribution in [0.1, 0.15) is 33.7 Å². The molecule has 0 bridgehead atoms. The molecule has 0 aromatic carbocycles. The van der Waals surface area contributed by atoms with Crippen LogP contribution >= 0.6 is 11.3 Å². The molecule has 1 rings (SSSR count). The van der Waals surface area contributed by atoms with Crippen molar-refractivity contribution < 1.29 is 14.6 Å². The molecule has 0 aliphatic carbocycles. The molecule has 4 nitrogen and oxygen atoms in total. The Bertz CT molecular complexity index is 335. The highest BCUT2D eigenvalue weighted by atomic mass is 32.1. The van der Waals surface area contributed by atoms with E-state index in [1.807, 2.05) is 6.92 Å². The average molecular weight is 229 g/mol. The smallest absolute Gasteiger partial charge is 0.347 e. The molecular weight excluding hydrogens is 214 g/mol. The first-order valence-corrected chi connectivity index (χ1v) is 5.71. The van der Waals surface area contributed by atoms with Gasteiger partial charge in [-0.2, -0.15) is 0 Å². The molecule has 0 aliphatic rings. The lowest BCUT2D eigenvalue weighted by atomic mass is 10.3. The summed E-state index contributed by atoms with van der Waals surface area (Å²) >= 11 is 1.28. The number of carboxylic acids is 1. The Morgan fingerprint density at radius 3 is 2.80 bits per heavy atom. The van der Waals surface area contributed by atoms with Gasteiger partial charge in [-0.1, -0.05) is 6.92 Å². The number of ether oxygens (including phenoxy) is 1. The van der Waals surface area contributed by atoms with Crippen molar-refractivity contribution >= 4 is 17.3 Å². The fraction of sp³-hybridized carbons (Fsp3) is 0.600. The van der Waals surface area contributed by atoms with Crippen LogP contribution < -0.4 is 0 Å². The first-order valence-electron chi connectivity index (χ1n) is 4.89. The van der Waals surface area contributed by atoms with Crippen molar-refractivity contribution in [3.05, 3.63) is 15.6 Å². The summed E-state index contributed by atoms with van der Waals surface area (Å²) in [6.45, 7) is 2.60. The fourth-order valence-corrected chi connectivity index (χ4v) is 2.32. The van der Waals surface area contributed by atoms with E-state index in [1.54, 1.807) is 7.11 Å². The van der Waals surface area contributed by atoms with Gasteiger partial charge in [0.05, 0.1) is 10.7 Å². The van der Waals surface area contributed by atoms with Crippen LogP contribution in [0.25, 0.3) is 0 Å². The van der Waals surface area contributed by atoms with Gasteiger partial charge in [0, 0.05) is 20.1 Å². The van der Waals surface area contributed by atoms with E-state index < -0.39 is 5.97 Å². The number of rotatable bonds is 6. The van der Waals surface area contributed by atoms with E-state index in [4.69, 9.17) is 9.84 Å². The van der Waals surface area contributed by atoms with Gasteiger partial charge >= 0.3 is 5.97 Å². The lowest BCUT2D eigenvalue weighted by Crippen LogP contribution is -1.97. The summed E-state index contributed by atoms with van der Waals surface area (Å²) in [7, 11) is 1.65. The van der Waals surface area contributed by atoms with Crippen LogP contribution in [-0.2, 0) is 17.6 Å². The quantitative estimate of drug-likeness (QED) is 0.758. The third-order valence-corrected chi connectivity index (χ3v) is 3.16. The van der Waals surface area contributed by atoms with Crippen LogP contribution in [0.5, 0.6) is 0 Å². The summed E-state index contributed by atoms with van der Waals surface area (Å²) in [5, 5.41) is 9.82. The fourth-order valence-electron chi connectivity index (χ4n) is 1.28. The van der Waals surface area contributed by atoms with Gasteiger partial charge in [0.1, 0.15) is 4.88 Å². The largest absolute Gasteiger partial charge is 0.477 e. The summed E-state index contributed by atoms with van der Waals surface area (Å²) in [5.41, 5.74) is 0.694. The van der Waals surface area contributed by atoms with Gasteiger partial charge in [0.15, 0.2) is 0 Å². The number of carbonyl (C=O) groups is 1. The maximum atomic E-state index is 10.9. The van der Waals surface area contributed by atoms with Crippen molar-refractivity contribution in [2.45, 2.75) is 26.2 Å². The number of thiazole rings is 1. The second-order valence-corrected chi connectivity index (χ2v) is 4.22. The molecule has 0 aliphatic heterocycles. The number of hydrogen-bond acceptors (Lipinski definition) is 4. The van der Waals surface area contributed by atoms with E-state index in [9.17, 15) is 4.79 Å². The molecule has 5 heteroatoms. The number of methoxy groups -OCH3 is 1. The minimum Gasteiger partial charge on any atom is -0.477 e. The minimum atomic E-state index is -0.873. The summed E-state index contributed by atoms with van der Waals surface area (Å²) in [6.07, 6.45) is 2.34. The van der Waals surface area contributed by atoms with Gasteiger partial charge < -0.3 is 9.84 Å². The number of carboxylic acid groups (broad SMARTS) is 1. The van der Waals surface area contributed by atoms with Gasteiger partial charge in [-0.25, -0.2) is 9.78 Å². The number of aryl methyl sites for hydroxylation is 2. The molecule has 1 heterocycles. The molecule has 1 aromatic rings. The predicted molar refractivity (Wildman–Crippen MR) is 58.6 cm³/mol. The predicted octanol–water partition coefficient (Wildman–Crippen LogP) is 1.98. The first-order chi connectivity index (χ1) is 7.19. The number of hydrogen-bond donors (Lipinski definition) is 1. The molecule has 0 radical (unpaired) electrons. The molecule has 0 fully saturated rings. The van der Waals surface area contributed by atoms with Crippen LogP contribution in [0, 0.1) is 0 Å². The van der Waals surface area contributed by atoms with Crippen molar-refractivity contribution in [2.24, 2.45) is 0 Å². The Morgan fingerprint density at radius 1 is 1.60 bits per heavy atom. The molecule has 1 aromatic heterocycles. The first kappa shape index (κ1) is 12.1. The number of nitrogens with zero attached hydrogens (tertiary/aromatic N) is 1. The van der Waals surface area contributed by atoms with Crippen LogP contribution in [0.4, 0.5) is 0 Å². The molecule has 1 N–H and O–H groups in total. The van der Waals surface area contributed by atoms with E-state index >= 15 is 0 Å². The third kappa shape index (κ3) is 3.28. The lowest BCUT2D eigenvalue weighted by molar-refractivity contribution is 0.0701. The van der Waals surface area contributed by atoms with Crippen LogP contribution in [-0.4, -0.2) is 29.8 Å². The standard InChI is InChI=1S/C10H15NO3S/c1-3-7-9(10(12)13)15-8(11-7)5-4-6-14-2/h3-6H2,1-2H3,(H,12,13). The normalized spacial score (nSPS) is 10.5. The Balaban J connectivity index is 2.70. The topological polar surface area (TPSA) is 59.4 Å². The molecular formula is C10H15NO3S. The maximum Gasteiger partial charge on any atom is 0.347 e. The van der Waals surface area contributed by atoms with E-state index in [0.29, 0.717) is 23.6 Å². The van der Waals surface area contributed by atoms with Gasteiger partial charge in [-0.3, -0.25) is 0 Å². The maximum absolute atomic E-state index is 10.9. The second kappa shape index (κ2) is 5.82. The number of aromatic carboxylic acids is 1. The monoisotopic (exact) mass is 229 g/mol. The van der Waals surface area contributed by atoms with E-state index in [1.165, 1.54) is 11.3 Å². The van der Waals surface area contributed by atoms with Gasteiger partial charge in [0.2, 0.25) is 0 Å². The third-order valence-electron chi connectivity index (χ3n) is 2.01. The zero-order valence-corrected chi connectivity index (χ0v) is 9.76. The van der Waals surface area contributed by atoms with Crippen molar-refractivity contribution in [1.82, 2.24) is 4.98 Å². The highest BCUT2D eigenvalue weighted by Gasteiger charge is 2.15. The Hall–Kier alpha value is -0.940. The summed E-state index contributed by atoms with van der Waals surface area (Å²) in [5.74, 6) is -0.873. The zero-order chi connectivity index (χ0) is 11.3. The highest BCUT2D eigenvalue weighted by molar-refractivity contribution is 7.13. The second-order valence-electron chi connectivity index (χ2n) is 3.14. The van der Waals surface area contributed by atoms with Gasteiger partial charge in [-0.05, 0) is 12.8 Å². The molecule has 0 spiro atoms. The Morgan fingerprint density at radius 2 is 2.33 bits per heavy atom. The van der Waals surface area contributed by atoms with Crippen molar-refractivity contribution in [3.63, 3.8) is 0 Å². The Kier molecular flexibility index (Phi) is 4.71. The molecule has 84 valence electrons. The molecule has 0 atom stereocenters. The van der Waals surface area contributed by atoms with Gasteiger partial charge in [0.25, 0.3) is 0 Å². The molecule has 0 saturated heterocycles. The molecule has 0 unspecified atom stereocenters. The summed E-state index contributed by atoms with van der Waals surface area (Å²) in [6, 6.07) is 0. The van der Waals surface area contributed by atoms with Crippen LogP contribution in [0.3, 0.4) is 0 Å². The zero-order valence-electron chi connectivity index (χ0n) is 8.95. The van der Waals surface area contributed by atoms with Crippen molar-refractivity contribution in [1.29, 1.82) is 0 Å². The van der Waals surface area contributed by atoms with Crippen LogP contribution in [0.2, 0.25) is 0 Å². The van der Waals surface area contributed by atoms with E-state index in [-0.39, 0.29) is 0 Å². The van der Waals surface area contributed by atoms with E-state index in [0.717, 1.165) is 17.8 Å². The van der Waals surface area contributed by atoms with Crippen molar-refractivity contribution in [2.75, 3.05) is 13.7 Å². The lowest BCUT2D eigenvalue weighted by Gasteiger charge is -1.94. The Labute approximate surface area is 92.9 Å². The number of aromatic nitrogens is 1. The van der Waals surface area contributed by atoms with Crippen molar-refractivity contribution in [3.8, 4) is 0 Å². The minimum absolute atomic E-state index is 0.380. The van der Waals surface area contributed by atoms with Crippen LogP contribution in [0.15, 0.2) is 0 Å². The molecule has 0 saturated carbocycles. The summed E-state index contributed by atoms with van der Waals surface area (Å²) < 4.78 is 4.93. The molecule has 15 heavy (non-hydrogen) atoms. The van der Waals surface area contributed by atoms with Gasteiger partial charge in [-0.15, -0.1) is 11.3 Å². The van der Waals surface area contributed by atoms with E-state index in [2.05, 4.69) is 4.98 Å². The summed E-state index contributed by atoms with van der Waals surface area (Å²) in [4.78, 5) is 15.6. The SMILES string of the molecule is CCc1nc(CCCOC)sc1C(=O)O.